The lowest BCUT2D eigenvalue weighted by atomic mass is 9.60. The van der Waals surface area contributed by atoms with Gasteiger partial charge in [0.25, 0.3) is 0 Å². The molecule has 0 amide bonds. The predicted octanol–water partition coefficient (Wildman–Crippen LogP) is 14.3. The Morgan fingerprint density at radius 3 is 2.12 bits per heavy atom. The molecule has 1 saturated heterocycles. The van der Waals surface area contributed by atoms with Gasteiger partial charge in [-0.1, -0.05) is 124 Å². The van der Waals surface area contributed by atoms with Gasteiger partial charge in [0.2, 0.25) is 0 Å². The van der Waals surface area contributed by atoms with Crippen molar-refractivity contribution in [3.63, 3.8) is 0 Å². The van der Waals surface area contributed by atoms with Gasteiger partial charge in [-0.05, 0) is 153 Å². The van der Waals surface area contributed by atoms with Crippen LogP contribution < -0.4 is 0 Å². The summed E-state index contributed by atoms with van der Waals surface area (Å²) in [5.41, 5.74) is 3.60. The van der Waals surface area contributed by atoms with Crippen LogP contribution in [0.5, 0.6) is 0 Å². The Bertz CT molecular complexity index is 1950. The van der Waals surface area contributed by atoms with Crippen LogP contribution in [0.3, 0.4) is 0 Å². The smallest absolute Gasteiger partial charge is 0.192 e. The molecule has 1 aromatic carbocycles. The van der Waals surface area contributed by atoms with Gasteiger partial charge >= 0.3 is 0 Å². The van der Waals surface area contributed by atoms with E-state index in [9.17, 15) is 13.5 Å². The minimum absolute atomic E-state index is 0.0403. The third kappa shape index (κ3) is 11.2. The van der Waals surface area contributed by atoms with Crippen molar-refractivity contribution in [2.75, 3.05) is 13.2 Å². The van der Waals surface area contributed by atoms with Crippen LogP contribution in [0.1, 0.15) is 165 Å². The van der Waals surface area contributed by atoms with Crippen molar-refractivity contribution in [3.8, 4) is 0 Å². The van der Waals surface area contributed by atoms with Crippen LogP contribution in [-0.4, -0.2) is 72.7 Å². The fraction of sp³-hybridized carbons (Fsp3) is 0.782. The average molecular weight is 954 g/mol. The van der Waals surface area contributed by atoms with Crippen molar-refractivity contribution in [2.24, 2.45) is 28.6 Å². The van der Waals surface area contributed by atoms with Gasteiger partial charge in [-0.2, -0.15) is 0 Å². The molecule has 4 aliphatic carbocycles. The molecule has 4 saturated carbocycles. The summed E-state index contributed by atoms with van der Waals surface area (Å²) in [4.78, 5) is 0.299. The number of allylic oxidation sites excluding steroid dienone is 3. The molecule has 0 radical (unpaired) electrons. The second kappa shape index (κ2) is 20.2. The molecule has 7 nitrogen and oxygen atoms in total. The Balaban J connectivity index is 1.25. The molecule has 0 bridgehead atoms. The Morgan fingerprint density at radius 1 is 0.892 bits per heavy atom. The summed E-state index contributed by atoms with van der Waals surface area (Å²) in [6.45, 7) is 36.0. The number of benzene rings is 1. The van der Waals surface area contributed by atoms with Crippen molar-refractivity contribution < 1.29 is 31.9 Å². The van der Waals surface area contributed by atoms with E-state index < -0.39 is 43.6 Å². The largest absolute Gasteiger partial charge is 0.413 e. The van der Waals surface area contributed by atoms with Crippen LogP contribution in [-0.2, 0) is 28.2 Å². The molecule has 8 atom stereocenters. The number of unbranched alkanes of at least 4 members (excludes halogenated alkanes) is 3. The van der Waals surface area contributed by atoms with Crippen LogP contribution >= 0.6 is 0 Å². The zero-order chi connectivity index (χ0) is 47.9. The maximum atomic E-state index is 14.8. The number of hydrogen-bond acceptors (Lipinski definition) is 7. The molecular formula is C55H92O7SSi2. The topological polar surface area (TPSA) is 91.3 Å². The zero-order valence-electron chi connectivity index (χ0n) is 43.3. The van der Waals surface area contributed by atoms with Gasteiger partial charge in [-0.25, -0.2) is 8.42 Å². The van der Waals surface area contributed by atoms with Crippen LogP contribution in [0.25, 0.3) is 0 Å². The van der Waals surface area contributed by atoms with Gasteiger partial charge in [0.15, 0.2) is 32.3 Å². The van der Waals surface area contributed by atoms with Crippen molar-refractivity contribution in [1.29, 1.82) is 0 Å². The van der Waals surface area contributed by atoms with Crippen molar-refractivity contribution in [3.05, 3.63) is 65.8 Å². The summed E-state index contributed by atoms with van der Waals surface area (Å²) in [6, 6.07) is 8.87. The number of fused-ring (bicyclic) bond motifs is 1. The van der Waals surface area contributed by atoms with Gasteiger partial charge < -0.3 is 23.4 Å². The fourth-order valence-corrected chi connectivity index (χ4v) is 16.7. The van der Waals surface area contributed by atoms with E-state index in [1.165, 1.54) is 24.0 Å². The average Bonchev–Trinajstić information content (AvgIpc) is 3.71. The molecule has 368 valence electrons. The highest BCUT2D eigenvalue weighted by Gasteiger charge is 2.63. The Morgan fingerprint density at radius 2 is 1.52 bits per heavy atom. The number of ether oxygens (including phenoxy) is 2. The lowest BCUT2D eigenvalue weighted by Crippen LogP contribution is -2.49. The van der Waals surface area contributed by atoms with Gasteiger partial charge in [-0.15, -0.1) is 0 Å². The highest BCUT2D eigenvalue weighted by molar-refractivity contribution is 7.92. The van der Waals surface area contributed by atoms with Crippen LogP contribution in [0.2, 0.25) is 36.3 Å². The molecular weight excluding hydrogens is 861 g/mol. The zero-order valence-corrected chi connectivity index (χ0v) is 46.1. The number of aliphatic hydroxyl groups excluding tert-OH is 1. The summed E-state index contributed by atoms with van der Waals surface area (Å²) in [5.74, 6) is -0.260. The summed E-state index contributed by atoms with van der Waals surface area (Å²) in [7, 11) is -7.97. The van der Waals surface area contributed by atoms with Crippen LogP contribution in [0, 0.1) is 28.6 Å². The van der Waals surface area contributed by atoms with Gasteiger partial charge in [0, 0.05) is 18.3 Å². The molecule has 1 aliphatic heterocycles. The van der Waals surface area contributed by atoms with E-state index in [0.717, 1.165) is 82.6 Å². The lowest BCUT2D eigenvalue weighted by Gasteiger charge is -2.46. The number of rotatable bonds is 19. The first-order valence-corrected chi connectivity index (χ1v) is 33.3. The summed E-state index contributed by atoms with van der Waals surface area (Å²) in [5, 5.41) is 12.0. The third-order valence-electron chi connectivity index (χ3n) is 18.5. The van der Waals surface area contributed by atoms with Crippen molar-refractivity contribution in [2.45, 2.75) is 236 Å². The monoisotopic (exact) mass is 953 g/mol. The van der Waals surface area contributed by atoms with Gasteiger partial charge in [0.05, 0.1) is 41.7 Å². The number of hydrogen-bond donors (Lipinski definition) is 1. The van der Waals surface area contributed by atoms with E-state index in [-0.39, 0.29) is 45.0 Å². The molecule has 6 rings (SSSR count). The molecule has 2 unspecified atom stereocenters. The van der Waals surface area contributed by atoms with Crippen LogP contribution in [0.15, 0.2) is 70.7 Å². The summed E-state index contributed by atoms with van der Waals surface area (Å²) < 4.78 is 56.9. The maximum absolute atomic E-state index is 14.8. The maximum Gasteiger partial charge on any atom is 0.192 e. The molecule has 10 heteroatoms. The molecule has 1 aromatic rings. The second-order valence-corrected chi connectivity index (χ2v) is 36.4. The van der Waals surface area contributed by atoms with Crippen molar-refractivity contribution in [1.82, 2.24) is 0 Å². The van der Waals surface area contributed by atoms with E-state index >= 15 is 0 Å². The standard InChI is InChI=1S/C55H92O7SSi2/c1-15-16-17-21-32-55(59-36-37-60-55)54(34-35-54)33-30-49(63(57,58)45-24-19-18-20-25-45)50(56)41(3)46-28-29-47-42(23-22-31-53(46,47)10)26-27-43-38-44(61-64(11,12)51(4,5)6)39-48(40(43)2)62-65(13,14)52(7,8)9/h18-20,24-27,41,44,46-50,56H,2,15-17,21-23,28-39H2,1,3-14H3/b42-26+,43-27-/t41-,44+,46+,47-,48-,49?,50?,53+/m0/s1. The van der Waals surface area contributed by atoms with E-state index in [0.29, 0.717) is 36.9 Å². The molecule has 0 spiro atoms. The number of sulfone groups is 1. The van der Waals surface area contributed by atoms with Crippen molar-refractivity contribution >= 4 is 26.5 Å². The predicted molar refractivity (Wildman–Crippen MR) is 274 cm³/mol. The molecule has 1 heterocycles. The quantitative estimate of drug-likeness (QED) is 0.109. The first kappa shape index (κ1) is 53.0. The Kier molecular flexibility index (Phi) is 16.4. The normalized spacial score (nSPS) is 30.1. The second-order valence-electron chi connectivity index (χ2n) is 24.7. The van der Waals surface area contributed by atoms with E-state index in [2.05, 4.69) is 101 Å². The molecule has 5 aliphatic rings. The molecule has 5 fully saturated rings. The third-order valence-corrected chi connectivity index (χ3v) is 29.7. The molecule has 65 heavy (non-hydrogen) atoms. The Labute approximate surface area is 399 Å². The SMILES string of the molecule is C=C1/C(=C\C=C2/CCC[C@]3(C)[C@@H]([C@H](C)C(O)C(CCC4(C5(CCCCCC)OCCO5)CC4)S(=O)(=O)c4ccccc4)CC[C@@H]23)C[C@@H](O[Si](C)(C)C(C)(C)C)C[C@@H]1O[Si](C)(C)C(C)(C)C. The highest BCUT2D eigenvalue weighted by atomic mass is 32.2. The number of aliphatic hydroxyl groups is 1. The van der Waals surface area contributed by atoms with Gasteiger partial charge in [0.1, 0.15) is 0 Å². The minimum Gasteiger partial charge on any atom is -0.413 e. The van der Waals surface area contributed by atoms with E-state index in [4.69, 9.17) is 24.9 Å². The Hall–Kier alpha value is -1.38. The highest BCUT2D eigenvalue weighted by Crippen LogP contribution is 2.63. The van der Waals surface area contributed by atoms with Gasteiger partial charge in [-0.3, -0.25) is 0 Å². The van der Waals surface area contributed by atoms with Crippen LogP contribution in [0.4, 0.5) is 0 Å². The first-order valence-electron chi connectivity index (χ1n) is 25.9. The molecule has 0 aromatic heterocycles. The lowest BCUT2D eigenvalue weighted by molar-refractivity contribution is -0.214. The first-order chi connectivity index (χ1) is 30.2. The summed E-state index contributed by atoms with van der Waals surface area (Å²) in [6.07, 6.45) is 19.2. The van der Waals surface area contributed by atoms with E-state index in [1.807, 2.05) is 6.07 Å². The van der Waals surface area contributed by atoms with E-state index in [1.54, 1.807) is 24.3 Å². The molecule has 1 N–H and O–H groups in total. The summed E-state index contributed by atoms with van der Waals surface area (Å²) >= 11 is 0. The fourth-order valence-electron chi connectivity index (χ4n) is 12.1. The minimum atomic E-state index is -3.85.